The molecule has 1 fully saturated rings. The van der Waals surface area contributed by atoms with Crippen LogP contribution >= 0.6 is 0 Å². The van der Waals surface area contributed by atoms with Gasteiger partial charge in [0.15, 0.2) is 0 Å². The fraction of sp³-hybridized carbons (Fsp3) is 0.714. The highest BCUT2D eigenvalue weighted by molar-refractivity contribution is 5.43. The quantitative estimate of drug-likeness (QED) is 0.768. The Kier molecular flexibility index (Phi) is 5.55. The third kappa shape index (κ3) is 3.80. The summed E-state index contributed by atoms with van der Waals surface area (Å²) in [6.45, 7) is 6.16. The molecule has 1 aromatic rings. The third-order valence-corrected chi connectivity index (χ3v) is 3.75. The van der Waals surface area contributed by atoms with E-state index in [9.17, 15) is 4.79 Å². The summed E-state index contributed by atoms with van der Waals surface area (Å²) in [5, 5.41) is 7.44. The number of nitrogens with one attached hydrogen (secondary N) is 1. The zero-order chi connectivity index (χ0) is 14.4. The zero-order valence-electron chi connectivity index (χ0n) is 12.3. The average molecular weight is 280 g/mol. The third-order valence-electron chi connectivity index (χ3n) is 3.75. The molecule has 1 aromatic heterocycles. The van der Waals surface area contributed by atoms with Gasteiger partial charge in [-0.25, -0.2) is 4.68 Å². The molecule has 0 bridgehead atoms. The van der Waals surface area contributed by atoms with Crippen molar-refractivity contribution in [3.8, 4) is 0 Å². The minimum atomic E-state index is -0.0331. The van der Waals surface area contributed by atoms with Gasteiger partial charge in [0.25, 0.3) is 5.56 Å². The van der Waals surface area contributed by atoms with Crippen LogP contribution in [0.1, 0.15) is 19.8 Å². The smallest absolute Gasteiger partial charge is 0.268 e. The van der Waals surface area contributed by atoms with Crippen LogP contribution in [0.25, 0.3) is 0 Å². The second-order valence-corrected chi connectivity index (χ2v) is 5.05. The summed E-state index contributed by atoms with van der Waals surface area (Å²) in [6.07, 6.45) is 4.14. The Morgan fingerprint density at radius 1 is 1.45 bits per heavy atom. The van der Waals surface area contributed by atoms with E-state index >= 15 is 0 Å². The molecule has 2 rings (SSSR count). The number of methoxy groups -OCH3 is 1. The molecule has 2 heterocycles. The summed E-state index contributed by atoms with van der Waals surface area (Å²) in [4.78, 5) is 14.2. The van der Waals surface area contributed by atoms with Crippen LogP contribution in [0.4, 0.5) is 5.69 Å². The lowest BCUT2D eigenvalue weighted by Gasteiger charge is -2.32. The number of hydrogen-bond donors (Lipinski definition) is 1. The first-order valence-corrected chi connectivity index (χ1v) is 7.30. The van der Waals surface area contributed by atoms with Gasteiger partial charge in [0, 0.05) is 32.8 Å². The van der Waals surface area contributed by atoms with Gasteiger partial charge in [0.05, 0.1) is 24.5 Å². The van der Waals surface area contributed by atoms with E-state index in [0.29, 0.717) is 12.6 Å². The van der Waals surface area contributed by atoms with Gasteiger partial charge in [-0.3, -0.25) is 4.79 Å². The number of hydrogen-bond acceptors (Lipinski definition) is 5. The fourth-order valence-electron chi connectivity index (χ4n) is 2.48. The van der Waals surface area contributed by atoms with Crippen LogP contribution in [0.3, 0.4) is 0 Å². The van der Waals surface area contributed by atoms with E-state index in [4.69, 9.17) is 4.74 Å². The van der Waals surface area contributed by atoms with Crippen LogP contribution in [0.2, 0.25) is 0 Å². The van der Waals surface area contributed by atoms with Gasteiger partial charge >= 0.3 is 0 Å². The van der Waals surface area contributed by atoms with Gasteiger partial charge in [0.1, 0.15) is 0 Å². The van der Waals surface area contributed by atoms with Gasteiger partial charge in [-0.2, -0.15) is 5.10 Å². The standard InChI is InChI=1S/C14H24N4O2/c1-3-15-6-9-18-14(19)10-12(11-16-18)17-7-4-13(20-2)5-8-17/h10-11,13,15H,3-9H2,1-2H3. The number of aromatic nitrogens is 2. The number of anilines is 1. The highest BCUT2D eigenvalue weighted by atomic mass is 16.5. The molecule has 20 heavy (non-hydrogen) atoms. The van der Waals surface area contributed by atoms with Crippen LogP contribution in [-0.4, -0.2) is 49.2 Å². The van der Waals surface area contributed by atoms with Crippen molar-refractivity contribution in [1.82, 2.24) is 15.1 Å². The maximum atomic E-state index is 12.0. The minimum absolute atomic E-state index is 0.0331. The topological polar surface area (TPSA) is 59.4 Å². The molecule has 0 unspecified atom stereocenters. The van der Waals surface area contributed by atoms with Gasteiger partial charge in [-0.1, -0.05) is 6.92 Å². The van der Waals surface area contributed by atoms with Crippen molar-refractivity contribution < 1.29 is 4.74 Å². The second-order valence-electron chi connectivity index (χ2n) is 5.05. The largest absolute Gasteiger partial charge is 0.381 e. The SMILES string of the molecule is CCNCCn1ncc(N2CCC(OC)CC2)cc1=O. The van der Waals surface area contributed by atoms with Gasteiger partial charge in [-0.15, -0.1) is 0 Å². The average Bonchev–Trinajstić information content (AvgIpc) is 2.49. The van der Waals surface area contributed by atoms with Gasteiger partial charge in [-0.05, 0) is 19.4 Å². The van der Waals surface area contributed by atoms with E-state index in [0.717, 1.165) is 44.7 Å². The summed E-state index contributed by atoms with van der Waals surface area (Å²) in [6, 6.07) is 1.69. The first-order chi connectivity index (χ1) is 9.74. The minimum Gasteiger partial charge on any atom is -0.381 e. The number of rotatable bonds is 6. The maximum Gasteiger partial charge on any atom is 0.268 e. The molecule has 6 nitrogen and oxygen atoms in total. The Morgan fingerprint density at radius 3 is 2.80 bits per heavy atom. The van der Waals surface area contributed by atoms with E-state index in [1.165, 1.54) is 4.68 Å². The van der Waals surface area contributed by atoms with Crippen LogP contribution in [-0.2, 0) is 11.3 Å². The molecular formula is C14H24N4O2. The van der Waals surface area contributed by atoms with Crippen molar-refractivity contribution in [2.45, 2.75) is 32.4 Å². The molecule has 6 heteroatoms. The van der Waals surface area contributed by atoms with Crippen LogP contribution < -0.4 is 15.8 Å². The Morgan fingerprint density at radius 2 is 2.20 bits per heavy atom. The van der Waals surface area contributed by atoms with E-state index in [1.807, 2.05) is 6.92 Å². The van der Waals surface area contributed by atoms with Gasteiger partial charge < -0.3 is 15.0 Å². The predicted molar refractivity (Wildman–Crippen MR) is 79.3 cm³/mol. The number of ether oxygens (including phenoxy) is 1. The van der Waals surface area contributed by atoms with E-state index < -0.39 is 0 Å². The summed E-state index contributed by atoms with van der Waals surface area (Å²) in [7, 11) is 1.76. The lowest BCUT2D eigenvalue weighted by molar-refractivity contribution is 0.0819. The Labute approximate surface area is 119 Å². The summed E-state index contributed by atoms with van der Waals surface area (Å²) >= 11 is 0. The normalized spacial score (nSPS) is 16.6. The highest BCUT2D eigenvalue weighted by Crippen LogP contribution is 2.18. The predicted octanol–water partition coefficient (Wildman–Crippen LogP) is 0.468. The van der Waals surface area contributed by atoms with Crippen molar-refractivity contribution >= 4 is 5.69 Å². The van der Waals surface area contributed by atoms with E-state index in [1.54, 1.807) is 19.4 Å². The molecule has 1 aliphatic heterocycles. The summed E-state index contributed by atoms with van der Waals surface area (Å²) in [5.41, 5.74) is 0.888. The van der Waals surface area contributed by atoms with Crippen molar-refractivity contribution in [3.05, 3.63) is 22.6 Å². The molecule has 0 radical (unpaired) electrons. The molecule has 0 aliphatic carbocycles. The summed E-state index contributed by atoms with van der Waals surface area (Å²) < 4.78 is 6.87. The molecule has 0 spiro atoms. The molecule has 1 N–H and O–H groups in total. The maximum absolute atomic E-state index is 12.0. The second kappa shape index (κ2) is 7.40. The highest BCUT2D eigenvalue weighted by Gasteiger charge is 2.19. The Bertz CT molecular complexity index is 466. The number of nitrogens with zero attached hydrogens (tertiary/aromatic N) is 3. The molecule has 0 atom stereocenters. The first-order valence-electron chi connectivity index (χ1n) is 7.30. The Hall–Kier alpha value is -1.40. The lowest BCUT2D eigenvalue weighted by atomic mass is 10.1. The number of piperidine rings is 1. The van der Waals surface area contributed by atoms with Crippen molar-refractivity contribution in [1.29, 1.82) is 0 Å². The van der Waals surface area contributed by atoms with Crippen LogP contribution in [0.15, 0.2) is 17.1 Å². The molecule has 0 saturated carbocycles. The Balaban J connectivity index is 1.97. The first kappa shape index (κ1) is 15.0. The molecule has 112 valence electrons. The monoisotopic (exact) mass is 280 g/mol. The molecule has 1 saturated heterocycles. The van der Waals surface area contributed by atoms with Crippen molar-refractivity contribution in [3.63, 3.8) is 0 Å². The zero-order valence-corrected chi connectivity index (χ0v) is 12.3. The van der Waals surface area contributed by atoms with Gasteiger partial charge in [0.2, 0.25) is 0 Å². The van der Waals surface area contributed by atoms with Crippen LogP contribution in [0.5, 0.6) is 0 Å². The van der Waals surface area contributed by atoms with E-state index in [2.05, 4.69) is 15.3 Å². The van der Waals surface area contributed by atoms with E-state index in [-0.39, 0.29) is 5.56 Å². The lowest BCUT2D eigenvalue weighted by Crippen LogP contribution is -2.38. The van der Waals surface area contributed by atoms with Crippen molar-refractivity contribution in [2.75, 3.05) is 38.2 Å². The number of likely N-dealkylation sites (N-methyl/N-ethyl adjacent to an activating group) is 1. The molecular weight excluding hydrogens is 256 g/mol. The molecule has 0 aromatic carbocycles. The van der Waals surface area contributed by atoms with Crippen molar-refractivity contribution in [2.24, 2.45) is 0 Å². The molecule has 0 amide bonds. The van der Waals surface area contributed by atoms with Crippen LogP contribution in [0, 0.1) is 0 Å². The molecule has 1 aliphatic rings. The summed E-state index contributed by atoms with van der Waals surface area (Å²) in [5.74, 6) is 0. The fourth-order valence-corrected chi connectivity index (χ4v) is 2.48.